The Morgan fingerprint density at radius 1 is 0.222 bits per heavy atom. The molecule has 1 heterocycles. The second kappa shape index (κ2) is 16.6. The zero-order chi connectivity index (χ0) is 42.0. The van der Waals surface area contributed by atoms with Gasteiger partial charge in [0.1, 0.15) is 11.2 Å². The monoisotopic (exact) mass is 806 g/mol. The van der Waals surface area contributed by atoms with Gasteiger partial charge < -0.3 is 14.2 Å². The average molecular weight is 807 g/mol. The molecule has 11 rings (SSSR count). The molecule has 63 heavy (non-hydrogen) atoms. The van der Waals surface area contributed by atoms with E-state index in [1.54, 1.807) is 0 Å². The number of para-hydroxylation sites is 4. The molecule has 0 saturated carbocycles. The van der Waals surface area contributed by atoms with Gasteiger partial charge in [0, 0.05) is 51.0 Å². The minimum atomic E-state index is 0.867. The number of nitrogens with zero attached hydrogens (tertiary/aromatic N) is 2. The minimum absolute atomic E-state index is 0.867. The van der Waals surface area contributed by atoms with Crippen molar-refractivity contribution in [2.24, 2.45) is 0 Å². The van der Waals surface area contributed by atoms with E-state index in [-0.39, 0.29) is 0 Å². The van der Waals surface area contributed by atoms with Gasteiger partial charge in [-0.15, -0.1) is 0 Å². The first-order valence-electron chi connectivity index (χ1n) is 21.4. The van der Waals surface area contributed by atoms with Gasteiger partial charge in [-0.1, -0.05) is 158 Å². The molecule has 0 atom stereocenters. The first-order chi connectivity index (χ1) is 31.2. The molecule has 3 nitrogen and oxygen atoms in total. The maximum Gasteiger partial charge on any atom is 0.137 e. The molecule has 0 fully saturated rings. The highest BCUT2D eigenvalue weighted by molar-refractivity contribution is 6.06. The number of hydrogen-bond acceptors (Lipinski definition) is 3. The van der Waals surface area contributed by atoms with E-state index >= 15 is 0 Å². The van der Waals surface area contributed by atoms with Crippen LogP contribution in [0.15, 0.2) is 259 Å². The molecule has 3 heteroatoms. The van der Waals surface area contributed by atoms with E-state index in [2.05, 4.69) is 252 Å². The van der Waals surface area contributed by atoms with Gasteiger partial charge in [-0.2, -0.15) is 0 Å². The number of rotatable bonds is 10. The van der Waals surface area contributed by atoms with Crippen LogP contribution in [0.4, 0.5) is 34.1 Å². The molecule has 0 radical (unpaired) electrons. The van der Waals surface area contributed by atoms with Crippen LogP contribution in [0, 0.1) is 0 Å². The highest BCUT2D eigenvalue weighted by atomic mass is 16.3. The fourth-order valence-corrected chi connectivity index (χ4v) is 8.85. The lowest BCUT2D eigenvalue weighted by Gasteiger charge is -2.26. The number of furan rings is 1. The van der Waals surface area contributed by atoms with E-state index in [0.29, 0.717) is 0 Å². The molecule has 0 saturated heterocycles. The van der Waals surface area contributed by atoms with Crippen molar-refractivity contribution >= 4 is 56.1 Å². The van der Waals surface area contributed by atoms with Gasteiger partial charge in [0.05, 0.1) is 0 Å². The third-order valence-electron chi connectivity index (χ3n) is 11.9. The Hall–Kier alpha value is -8.40. The van der Waals surface area contributed by atoms with E-state index in [0.717, 1.165) is 67.2 Å². The second-order valence-corrected chi connectivity index (χ2v) is 15.7. The molecule has 0 unspecified atom stereocenters. The summed E-state index contributed by atoms with van der Waals surface area (Å²) < 4.78 is 6.36. The number of hydrogen-bond donors (Lipinski definition) is 0. The van der Waals surface area contributed by atoms with Crippen LogP contribution in [0.25, 0.3) is 66.4 Å². The summed E-state index contributed by atoms with van der Waals surface area (Å²) in [6, 6.07) is 90.7. The van der Waals surface area contributed by atoms with Crippen LogP contribution in [-0.2, 0) is 0 Å². The molecular weight excluding hydrogens is 765 g/mol. The van der Waals surface area contributed by atoms with E-state index < -0.39 is 0 Å². The van der Waals surface area contributed by atoms with Gasteiger partial charge in [0.2, 0.25) is 0 Å². The highest BCUT2D eigenvalue weighted by Gasteiger charge is 2.20. The van der Waals surface area contributed by atoms with Crippen LogP contribution in [0.3, 0.4) is 0 Å². The molecule has 0 bridgehead atoms. The predicted octanol–water partition coefficient (Wildman–Crippen LogP) is 17.2. The first-order valence-corrected chi connectivity index (χ1v) is 21.4. The summed E-state index contributed by atoms with van der Waals surface area (Å²) >= 11 is 0. The summed E-state index contributed by atoms with van der Waals surface area (Å²) in [6.07, 6.45) is 0. The van der Waals surface area contributed by atoms with E-state index in [9.17, 15) is 0 Å². The molecule has 0 amide bonds. The Morgan fingerprint density at radius 2 is 0.540 bits per heavy atom. The molecule has 298 valence electrons. The minimum Gasteiger partial charge on any atom is -0.456 e. The van der Waals surface area contributed by atoms with Crippen molar-refractivity contribution in [3.8, 4) is 44.5 Å². The Morgan fingerprint density at radius 3 is 0.984 bits per heavy atom. The summed E-state index contributed by atoms with van der Waals surface area (Å²) in [5.74, 6) is 0. The fraction of sp³-hybridized carbons (Fsp3) is 0. The van der Waals surface area contributed by atoms with E-state index in [1.165, 1.54) is 33.4 Å². The normalized spacial score (nSPS) is 11.2. The van der Waals surface area contributed by atoms with Gasteiger partial charge in [-0.05, 0) is 136 Å². The van der Waals surface area contributed by atoms with Crippen molar-refractivity contribution in [3.63, 3.8) is 0 Å². The van der Waals surface area contributed by atoms with Crippen molar-refractivity contribution in [1.82, 2.24) is 0 Å². The summed E-state index contributed by atoms with van der Waals surface area (Å²) in [5, 5.41) is 2.24. The Kier molecular flexibility index (Phi) is 9.89. The maximum absolute atomic E-state index is 6.36. The molecule has 1 aromatic heterocycles. The number of benzene rings is 10. The van der Waals surface area contributed by atoms with Crippen LogP contribution in [0.2, 0.25) is 0 Å². The predicted molar refractivity (Wildman–Crippen MR) is 265 cm³/mol. The van der Waals surface area contributed by atoms with Gasteiger partial charge in [0.25, 0.3) is 0 Å². The average Bonchev–Trinajstić information content (AvgIpc) is 3.74. The summed E-state index contributed by atoms with van der Waals surface area (Å²) in [6.45, 7) is 0. The Labute approximate surface area is 368 Å². The molecular formula is C60H42N2O. The van der Waals surface area contributed by atoms with Crippen LogP contribution in [0.5, 0.6) is 0 Å². The highest BCUT2D eigenvalue weighted by Crippen LogP contribution is 2.45. The topological polar surface area (TPSA) is 19.6 Å². The number of fused-ring (bicyclic) bond motifs is 3. The molecule has 11 aromatic rings. The largest absolute Gasteiger partial charge is 0.456 e. The summed E-state index contributed by atoms with van der Waals surface area (Å²) in [4.78, 5) is 4.60. The maximum atomic E-state index is 6.36. The van der Waals surface area contributed by atoms with Crippen LogP contribution in [-0.4, -0.2) is 0 Å². The van der Waals surface area contributed by atoms with Crippen molar-refractivity contribution in [2.75, 3.05) is 9.80 Å². The van der Waals surface area contributed by atoms with E-state index in [4.69, 9.17) is 4.42 Å². The zero-order valence-electron chi connectivity index (χ0n) is 34.6. The summed E-state index contributed by atoms with van der Waals surface area (Å²) in [7, 11) is 0. The standard InChI is InChI=1S/C60H42N2O/c1-6-18-43(19-7-1)55-42-58(46-32-36-51(37-33-46)62(49-26-14-5-15-27-49)52-38-39-54-53-28-16-17-29-59(53)63-60(54)40-52)56(44-20-8-2-9-21-44)41-57(55)45-30-34-50(35-31-45)61(47-22-10-3-11-23-47)48-24-12-4-13-25-48/h1-42H. The smallest absolute Gasteiger partial charge is 0.137 e. The van der Waals surface area contributed by atoms with Crippen LogP contribution >= 0.6 is 0 Å². The van der Waals surface area contributed by atoms with Gasteiger partial charge in [-0.3, -0.25) is 0 Å². The zero-order valence-corrected chi connectivity index (χ0v) is 34.6. The summed E-state index contributed by atoms with van der Waals surface area (Å²) in [5.41, 5.74) is 17.6. The lowest BCUT2D eigenvalue weighted by molar-refractivity contribution is 0.669. The molecule has 0 aliphatic carbocycles. The SMILES string of the molecule is c1ccc(-c2cc(-c3ccc(N(c4ccccc4)c4ccc5c(c4)oc4ccccc45)cc3)c(-c3ccccc3)cc2-c2ccc(N(c3ccccc3)c3ccccc3)cc2)cc1. The van der Waals surface area contributed by atoms with Crippen molar-refractivity contribution in [2.45, 2.75) is 0 Å². The van der Waals surface area contributed by atoms with Gasteiger partial charge in [-0.25, -0.2) is 0 Å². The third-order valence-corrected chi connectivity index (χ3v) is 11.9. The van der Waals surface area contributed by atoms with Crippen molar-refractivity contribution in [3.05, 3.63) is 255 Å². The van der Waals surface area contributed by atoms with Crippen molar-refractivity contribution < 1.29 is 4.42 Å². The lowest BCUT2D eigenvalue weighted by atomic mass is 9.85. The molecule has 0 spiro atoms. The quantitative estimate of drug-likeness (QED) is 0.137. The molecule has 0 N–H and O–H groups in total. The molecule has 0 aliphatic heterocycles. The van der Waals surface area contributed by atoms with Crippen LogP contribution < -0.4 is 9.80 Å². The van der Waals surface area contributed by atoms with E-state index in [1.807, 2.05) is 12.1 Å². The van der Waals surface area contributed by atoms with Gasteiger partial charge >= 0.3 is 0 Å². The second-order valence-electron chi connectivity index (χ2n) is 15.7. The molecule has 10 aromatic carbocycles. The van der Waals surface area contributed by atoms with Crippen LogP contribution in [0.1, 0.15) is 0 Å². The molecule has 0 aliphatic rings. The lowest BCUT2D eigenvalue weighted by Crippen LogP contribution is -2.09. The number of anilines is 6. The van der Waals surface area contributed by atoms with Crippen molar-refractivity contribution in [1.29, 1.82) is 0 Å². The first kappa shape index (κ1) is 37.6. The fourth-order valence-electron chi connectivity index (χ4n) is 8.85. The van der Waals surface area contributed by atoms with Gasteiger partial charge in [0.15, 0.2) is 0 Å². The Bertz CT molecular complexity index is 3250. The third kappa shape index (κ3) is 7.32. The Balaban J connectivity index is 1.03.